The summed E-state index contributed by atoms with van der Waals surface area (Å²) >= 11 is 1.76. The predicted octanol–water partition coefficient (Wildman–Crippen LogP) is 2.30. The van der Waals surface area contributed by atoms with E-state index in [9.17, 15) is 4.79 Å². The molecule has 1 atom stereocenters. The molecule has 1 saturated heterocycles. The van der Waals surface area contributed by atoms with Gasteiger partial charge in [-0.05, 0) is 12.1 Å². The molecule has 1 fully saturated rings. The Morgan fingerprint density at radius 2 is 2.17 bits per heavy atom. The second-order valence-corrected chi connectivity index (χ2v) is 5.23. The first-order valence-corrected chi connectivity index (χ1v) is 6.83. The topological polar surface area (TPSA) is 38.8 Å². The molecule has 0 unspecified atom stereocenters. The van der Waals surface area contributed by atoms with Crippen molar-refractivity contribution in [3.05, 3.63) is 23.8 Å². The predicted molar refractivity (Wildman–Crippen MR) is 72.1 cm³/mol. The number of benzene rings is 1. The standard InChI is InChI=1S/C13H17NO3S/c1-9(15)14-6-7-18-13(14)11-5-4-10(16-2)8-12(11)17-3/h4-5,8,13H,6-7H2,1-3H3/t13-/m1/s1. The van der Waals surface area contributed by atoms with Gasteiger partial charge in [-0.2, -0.15) is 0 Å². The van der Waals surface area contributed by atoms with Crippen LogP contribution in [0.25, 0.3) is 0 Å². The lowest BCUT2D eigenvalue weighted by Crippen LogP contribution is -2.28. The summed E-state index contributed by atoms with van der Waals surface area (Å²) in [5.74, 6) is 2.58. The van der Waals surface area contributed by atoms with Crippen LogP contribution in [0.15, 0.2) is 18.2 Å². The lowest BCUT2D eigenvalue weighted by molar-refractivity contribution is -0.128. The third-order valence-corrected chi connectivity index (χ3v) is 4.24. The van der Waals surface area contributed by atoms with Crippen LogP contribution in [0, 0.1) is 0 Å². The summed E-state index contributed by atoms with van der Waals surface area (Å²) in [7, 11) is 3.26. The molecule has 0 saturated carbocycles. The number of rotatable bonds is 3. The molecule has 1 aromatic rings. The van der Waals surface area contributed by atoms with Crippen LogP contribution in [0.3, 0.4) is 0 Å². The number of methoxy groups -OCH3 is 2. The van der Waals surface area contributed by atoms with Crippen LogP contribution in [0.5, 0.6) is 11.5 Å². The van der Waals surface area contributed by atoms with Crippen LogP contribution >= 0.6 is 11.8 Å². The number of carbonyl (C=O) groups is 1. The summed E-state index contributed by atoms with van der Waals surface area (Å²) < 4.78 is 10.6. The molecule has 18 heavy (non-hydrogen) atoms. The molecule has 0 aromatic heterocycles. The molecule has 1 heterocycles. The molecule has 1 aliphatic heterocycles. The van der Waals surface area contributed by atoms with E-state index in [1.807, 2.05) is 23.1 Å². The third-order valence-electron chi connectivity index (χ3n) is 3.00. The molecule has 98 valence electrons. The average Bonchev–Trinajstić information content (AvgIpc) is 2.87. The van der Waals surface area contributed by atoms with E-state index in [-0.39, 0.29) is 11.3 Å². The van der Waals surface area contributed by atoms with Gasteiger partial charge >= 0.3 is 0 Å². The summed E-state index contributed by atoms with van der Waals surface area (Å²) in [5.41, 5.74) is 1.02. The number of carbonyl (C=O) groups excluding carboxylic acids is 1. The van der Waals surface area contributed by atoms with E-state index >= 15 is 0 Å². The maximum Gasteiger partial charge on any atom is 0.220 e. The molecule has 4 nitrogen and oxygen atoms in total. The Labute approximate surface area is 111 Å². The molecule has 0 bridgehead atoms. The van der Waals surface area contributed by atoms with E-state index in [0.29, 0.717) is 0 Å². The average molecular weight is 267 g/mol. The first kappa shape index (κ1) is 13.1. The fraction of sp³-hybridized carbons (Fsp3) is 0.462. The van der Waals surface area contributed by atoms with Gasteiger partial charge in [-0.1, -0.05) is 0 Å². The van der Waals surface area contributed by atoms with Crippen molar-refractivity contribution in [2.24, 2.45) is 0 Å². The number of hydrogen-bond donors (Lipinski definition) is 0. The van der Waals surface area contributed by atoms with Gasteiger partial charge in [0.15, 0.2) is 0 Å². The second kappa shape index (κ2) is 5.52. The van der Waals surface area contributed by atoms with Crippen molar-refractivity contribution < 1.29 is 14.3 Å². The zero-order valence-electron chi connectivity index (χ0n) is 10.8. The van der Waals surface area contributed by atoms with Gasteiger partial charge in [-0.15, -0.1) is 11.8 Å². The van der Waals surface area contributed by atoms with E-state index in [1.54, 1.807) is 32.9 Å². The second-order valence-electron chi connectivity index (χ2n) is 4.04. The van der Waals surface area contributed by atoms with Crippen molar-refractivity contribution in [3.63, 3.8) is 0 Å². The minimum absolute atomic E-state index is 0.0448. The highest BCUT2D eigenvalue weighted by molar-refractivity contribution is 7.99. The zero-order chi connectivity index (χ0) is 13.1. The minimum atomic E-state index is 0.0448. The molecule has 0 aliphatic carbocycles. The summed E-state index contributed by atoms with van der Waals surface area (Å²) in [6, 6.07) is 5.72. The molecular weight excluding hydrogens is 250 g/mol. The van der Waals surface area contributed by atoms with E-state index < -0.39 is 0 Å². The Hall–Kier alpha value is -1.36. The van der Waals surface area contributed by atoms with Gasteiger partial charge in [0.25, 0.3) is 0 Å². The molecule has 0 N–H and O–H groups in total. The smallest absolute Gasteiger partial charge is 0.220 e. The van der Waals surface area contributed by atoms with Gasteiger partial charge in [0.2, 0.25) is 5.91 Å². The third kappa shape index (κ3) is 2.41. The Morgan fingerprint density at radius 1 is 1.39 bits per heavy atom. The number of hydrogen-bond acceptors (Lipinski definition) is 4. The van der Waals surface area contributed by atoms with Crippen LogP contribution in [-0.4, -0.2) is 37.3 Å². The van der Waals surface area contributed by atoms with Crippen LogP contribution in [-0.2, 0) is 4.79 Å². The summed E-state index contributed by atoms with van der Waals surface area (Å²) in [6.07, 6.45) is 0. The normalized spacial score (nSPS) is 18.8. The fourth-order valence-corrected chi connectivity index (χ4v) is 3.41. The highest BCUT2D eigenvalue weighted by Crippen LogP contribution is 2.42. The van der Waals surface area contributed by atoms with E-state index in [0.717, 1.165) is 29.4 Å². The molecule has 0 spiro atoms. The largest absolute Gasteiger partial charge is 0.497 e. The van der Waals surface area contributed by atoms with E-state index in [4.69, 9.17) is 9.47 Å². The van der Waals surface area contributed by atoms with Gasteiger partial charge in [0.05, 0.1) is 14.2 Å². The summed E-state index contributed by atoms with van der Waals surface area (Å²) in [6.45, 7) is 2.40. The monoisotopic (exact) mass is 267 g/mol. The highest BCUT2D eigenvalue weighted by Gasteiger charge is 2.30. The van der Waals surface area contributed by atoms with Gasteiger partial charge in [0.1, 0.15) is 16.9 Å². The van der Waals surface area contributed by atoms with Gasteiger partial charge in [0, 0.05) is 30.9 Å². The summed E-state index contributed by atoms with van der Waals surface area (Å²) in [5, 5.41) is 0.0448. The number of amides is 1. The first-order valence-electron chi connectivity index (χ1n) is 5.78. The van der Waals surface area contributed by atoms with Gasteiger partial charge in [-0.3, -0.25) is 4.79 Å². The molecule has 5 heteroatoms. The molecule has 2 rings (SSSR count). The van der Waals surface area contributed by atoms with Gasteiger partial charge in [-0.25, -0.2) is 0 Å². The zero-order valence-corrected chi connectivity index (χ0v) is 11.6. The lowest BCUT2D eigenvalue weighted by atomic mass is 10.1. The highest BCUT2D eigenvalue weighted by atomic mass is 32.2. The van der Waals surface area contributed by atoms with Crippen molar-refractivity contribution in [2.45, 2.75) is 12.3 Å². The number of thioether (sulfide) groups is 1. The Kier molecular flexibility index (Phi) is 4.01. The van der Waals surface area contributed by atoms with Crippen LogP contribution in [0.4, 0.5) is 0 Å². The van der Waals surface area contributed by atoms with Crippen molar-refractivity contribution >= 4 is 17.7 Å². The summed E-state index contributed by atoms with van der Waals surface area (Å²) in [4.78, 5) is 13.5. The van der Waals surface area contributed by atoms with Crippen molar-refractivity contribution in [2.75, 3.05) is 26.5 Å². The maximum absolute atomic E-state index is 11.6. The van der Waals surface area contributed by atoms with E-state index in [2.05, 4.69) is 0 Å². The Bertz CT molecular complexity index is 450. The van der Waals surface area contributed by atoms with Crippen LogP contribution < -0.4 is 9.47 Å². The van der Waals surface area contributed by atoms with Crippen LogP contribution in [0.2, 0.25) is 0 Å². The Morgan fingerprint density at radius 3 is 2.78 bits per heavy atom. The first-order chi connectivity index (χ1) is 8.67. The quantitative estimate of drug-likeness (QED) is 0.842. The van der Waals surface area contributed by atoms with Crippen LogP contribution in [0.1, 0.15) is 17.9 Å². The molecular formula is C13H17NO3S. The van der Waals surface area contributed by atoms with E-state index in [1.165, 1.54) is 0 Å². The minimum Gasteiger partial charge on any atom is -0.497 e. The van der Waals surface area contributed by atoms with Crippen molar-refractivity contribution in [3.8, 4) is 11.5 Å². The molecule has 1 amide bonds. The molecule has 0 radical (unpaired) electrons. The number of nitrogens with zero attached hydrogens (tertiary/aromatic N) is 1. The maximum atomic E-state index is 11.6. The van der Waals surface area contributed by atoms with Crippen molar-refractivity contribution in [1.82, 2.24) is 4.90 Å². The SMILES string of the molecule is COc1ccc([C@H]2SCCN2C(C)=O)c(OC)c1. The number of ether oxygens (including phenoxy) is 2. The van der Waals surface area contributed by atoms with Gasteiger partial charge < -0.3 is 14.4 Å². The lowest BCUT2D eigenvalue weighted by Gasteiger charge is -2.24. The molecule has 1 aliphatic rings. The molecule has 1 aromatic carbocycles. The van der Waals surface area contributed by atoms with Crippen molar-refractivity contribution in [1.29, 1.82) is 0 Å². The Balaban J connectivity index is 2.35. The fourth-order valence-electron chi connectivity index (χ4n) is 2.07.